The number of sulfone groups is 2. The quantitative estimate of drug-likeness (QED) is 0.106. The molecule has 5 aromatic rings. The van der Waals surface area contributed by atoms with Crippen LogP contribution in [0.5, 0.6) is 5.75 Å². The first-order chi connectivity index (χ1) is 36.9. The standard InChI is InChI=1S/C25H27F2N3O8S2.C24H25ClN2O8S2.C2H6/c1-24(26,27)17-9-16(10-19(11-17)39(2,33)34)13-37-23(32)29-7-5-25(6-8-29)14-30(15-25)40(35,36)18-3-4-20-21(12-18)38-22(31)28-20;1-36(30,31)20-9-16(8-18(25)11-20)13-34-23(29)26-6-4-24(5-7-26)14-27(15-24)37(32,33)19-3-2-17-10-22(28)35-21(17)12-19;1-2/h3-4,9-12H,5-8,13-15H2,1-2H3,(H,28,31);2-3,8-9,11-12H,4-7,10,13-15H2,1H3;1-2H3. The van der Waals surface area contributed by atoms with E-state index in [2.05, 4.69) is 4.98 Å². The number of fused-ring (bicyclic) bond motifs is 2. The molecule has 5 aliphatic heterocycles. The summed E-state index contributed by atoms with van der Waals surface area (Å²) in [6.45, 7) is 6.88. The van der Waals surface area contributed by atoms with Crippen molar-refractivity contribution in [3.8, 4) is 5.75 Å². The Labute approximate surface area is 460 Å². The lowest BCUT2D eigenvalue weighted by Crippen LogP contribution is -2.62. The van der Waals surface area contributed by atoms with Crippen LogP contribution >= 0.6 is 11.6 Å². The number of piperidine rings is 2. The molecule has 79 heavy (non-hydrogen) atoms. The van der Waals surface area contributed by atoms with Gasteiger partial charge in [0.15, 0.2) is 25.3 Å². The molecule has 10 rings (SSSR count). The molecule has 4 saturated heterocycles. The molecule has 6 heterocycles. The summed E-state index contributed by atoms with van der Waals surface area (Å²) < 4.78 is 151. The van der Waals surface area contributed by atoms with E-state index >= 15 is 0 Å². The summed E-state index contributed by atoms with van der Waals surface area (Å²) in [7, 11) is -14.7. The molecule has 0 atom stereocenters. The maximum absolute atomic E-state index is 13.9. The Kier molecular flexibility index (Phi) is 16.6. The largest absolute Gasteiger partial charge is 0.445 e. The highest BCUT2D eigenvalue weighted by molar-refractivity contribution is 7.91. The van der Waals surface area contributed by atoms with E-state index in [9.17, 15) is 61.6 Å². The van der Waals surface area contributed by atoms with Gasteiger partial charge in [0.25, 0.3) is 5.92 Å². The first-order valence-corrected chi connectivity index (χ1v) is 32.0. The Balaban J connectivity index is 0.000000202. The zero-order valence-corrected chi connectivity index (χ0v) is 47.6. The molecule has 28 heteroatoms. The summed E-state index contributed by atoms with van der Waals surface area (Å²) in [6, 6.07) is 16.2. The SMILES string of the molecule is CC.CC(F)(F)c1cc(COC(=O)N2CCC3(CC2)CN(S(=O)(=O)c2ccc4[nH]c(=O)oc4c2)C3)cc(S(C)(=O)=O)c1.CS(=O)(=O)c1cc(Cl)cc(COC(=O)N2CCC3(CC2)CN(S(=O)(=O)c2ccc4c(c2)OC(=O)C4)C3)c1. The van der Waals surface area contributed by atoms with E-state index in [1.807, 2.05) is 13.8 Å². The molecule has 4 aromatic carbocycles. The summed E-state index contributed by atoms with van der Waals surface area (Å²) in [5, 5.41) is 0.235. The lowest BCUT2D eigenvalue weighted by Gasteiger charge is -2.52. The highest BCUT2D eigenvalue weighted by Gasteiger charge is 2.51. The molecule has 0 unspecified atom stereocenters. The van der Waals surface area contributed by atoms with Crippen LogP contribution in [-0.2, 0) is 79.5 Å². The van der Waals surface area contributed by atoms with Gasteiger partial charge >= 0.3 is 23.9 Å². The Hall–Kier alpha value is -5.97. The second-order valence-electron chi connectivity index (χ2n) is 20.3. The topological polar surface area (TPSA) is 274 Å². The number of hydrogen-bond donors (Lipinski definition) is 1. The lowest BCUT2D eigenvalue weighted by atomic mass is 9.73. The number of rotatable bonds is 11. The molecule has 0 saturated carbocycles. The summed E-state index contributed by atoms with van der Waals surface area (Å²) in [4.78, 5) is 53.5. The Bertz CT molecular complexity index is 3720. The number of nitrogens with one attached hydrogen (secondary N) is 1. The number of oxazole rings is 1. The van der Waals surface area contributed by atoms with Gasteiger partial charge in [-0.3, -0.25) is 9.78 Å². The predicted octanol–water partition coefficient (Wildman–Crippen LogP) is 6.71. The number of ether oxygens (including phenoxy) is 3. The van der Waals surface area contributed by atoms with E-state index in [4.69, 9.17) is 30.2 Å². The summed E-state index contributed by atoms with van der Waals surface area (Å²) in [5.74, 6) is -4.06. The van der Waals surface area contributed by atoms with Gasteiger partial charge in [0.2, 0.25) is 20.0 Å². The fourth-order valence-corrected chi connectivity index (χ4v) is 15.0. The van der Waals surface area contributed by atoms with Gasteiger partial charge in [-0.05, 0) is 91.4 Å². The zero-order valence-electron chi connectivity index (χ0n) is 43.6. The number of carbonyl (C=O) groups is 3. The number of alkyl halides is 2. The molecule has 1 aromatic heterocycles. The number of likely N-dealkylation sites (tertiary alicyclic amines) is 2. The van der Waals surface area contributed by atoms with Crippen molar-refractivity contribution in [3.05, 3.63) is 111 Å². The van der Waals surface area contributed by atoms with E-state index in [1.54, 1.807) is 17.0 Å². The number of esters is 1. The molecule has 4 fully saturated rings. The molecule has 21 nitrogen and oxygen atoms in total. The van der Waals surface area contributed by atoms with E-state index in [0.717, 1.165) is 24.6 Å². The molecule has 1 N–H and O–H groups in total. The fraction of sp³-hybridized carbons (Fsp3) is 0.451. The third-order valence-electron chi connectivity index (χ3n) is 14.5. The van der Waals surface area contributed by atoms with Crippen molar-refractivity contribution in [2.24, 2.45) is 10.8 Å². The van der Waals surface area contributed by atoms with Crippen LogP contribution in [0.3, 0.4) is 0 Å². The molecule has 0 radical (unpaired) electrons. The minimum absolute atomic E-state index is 0.0162. The van der Waals surface area contributed by atoms with Crippen LogP contribution in [0.25, 0.3) is 11.1 Å². The van der Waals surface area contributed by atoms with Crippen LogP contribution < -0.4 is 10.5 Å². The first-order valence-electron chi connectivity index (χ1n) is 24.9. The molecule has 0 bridgehead atoms. The van der Waals surface area contributed by atoms with Crippen LogP contribution in [0, 0.1) is 10.8 Å². The molecule has 0 aliphatic carbocycles. The van der Waals surface area contributed by atoms with E-state index in [1.165, 1.54) is 62.0 Å². The van der Waals surface area contributed by atoms with Crippen molar-refractivity contribution in [1.82, 2.24) is 23.4 Å². The number of aromatic nitrogens is 1. The Morgan fingerprint density at radius 2 is 1.13 bits per heavy atom. The number of nitrogens with zero attached hydrogens (tertiary/aromatic N) is 4. The minimum atomic E-state index is -3.80. The Morgan fingerprint density at radius 1 is 0.658 bits per heavy atom. The second kappa shape index (κ2) is 22.2. The average Bonchev–Trinajstić information content (AvgIpc) is 4.06. The van der Waals surface area contributed by atoms with Gasteiger partial charge < -0.3 is 28.4 Å². The number of hydrogen-bond acceptors (Lipinski definition) is 16. The molecule has 5 aliphatic rings. The van der Waals surface area contributed by atoms with Crippen LogP contribution in [0.15, 0.2) is 102 Å². The highest BCUT2D eigenvalue weighted by atomic mass is 35.5. The summed E-state index contributed by atoms with van der Waals surface area (Å²) >= 11 is 6.01. The van der Waals surface area contributed by atoms with Gasteiger partial charge in [0, 0.05) is 111 Å². The average molecular weight is 1200 g/mol. The number of benzene rings is 4. The lowest BCUT2D eigenvalue weighted by molar-refractivity contribution is -0.131. The number of halogens is 3. The molecule has 2 spiro atoms. The highest BCUT2D eigenvalue weighted by Crippen LogP contribution is 2.45. The number of sulfonamides is 2. The van der Waals surface area contributed by atoms with Crippen LogP contribution in [0.4, 0.5) is 18.4 Å². The van der Waals surface area contributed by atoms with E-state index in [0.29, 0.717) is 94.3 Å². The molecular formula is C51H58ClF2N5O16S4. The van der Waals surface area contributed by atoms with E-state index < -0.39 is 75.1 Å². The smallest absolute Gasteiger partial charge is 0.417 e. The number of carbonyl (C=O) groups excluding carboxylic acids is 3. The zero-order chi connectivity index (χ0) is 57.7. The number of aromatic amines is 1. The molecular weight excluding hydrogens is 1140 g/mol. The maximum atomic E-state index is 13.9. The fourth-order valence-electron chi connectivity index (χ4n) is 9.94. The normalized spacial score (nSPS) is 18.3. The monoisotopic (exact) mass is 1200 g/mol. The molecule has 428 valence electrons. The number of H-pyrrole nitrogens is 1. The van der Waals surface area contributed by atoms with Crippen LogP contribution in [0.1, 0.15) is 68.7 Å². The predicted molar refractivity (Wildman–Crippen MR) is 282 cm³/mol. The minimum Gasteiger partial charge on any atom is -0.445 e. The molecule has 2 amide bonds. The third-order valence-corrected chi connectivity index (χ3v) is 20.4. The van der Waals surface area contributed by atoms with Gasteiger partial charge in [0.05, 0.1) is 31.5 Å². The van der Waals surface area contributed by atoms with E-state index in [-0.39, 0.29) is 79.3 Å². The van der Waals surface area contributed by atoms with Crippen molar-refractivity contribution in [2.75, 3.05) is 64.9 Å². The maximum Gasteiger partial charge on any atom is 0.417 e. The van der Waals surface area contributed by atoms with Crippen LogP contribution in [0.2, 0.25) is 5.02 Å². The van der Waals surface area contributed by atoms with Gasteiger partial charge in [-0.25, -0.2) is 56.8 Å². The van der Waals surface area contributed by atoms with Crippen molar-refractivity contribution in [2.45, 2.75) is 91.6 Å². The van der Waals surface area contributed by atoms with Gasteiger partial charge in [-0.15, -0.1) is 0 Å². The Morgan fingerprint density at radius 3 is 1.62 bits per heavy atom. The van der Waals surface area contributed by atoms with Crippen LogP contribution in [-0.4, -0.2) is 140 Å². The summed E-state index contributed by atoms with van der Waals surface area (Å²) in [5.41, 5.74) is 0.822. The van der Waals surface area contributed by atoms with Gasteiger partial charge in [-0.2, -0.15) is 8.61 Å². The first kappa shape index (κ1) is 59.2. The van der Waals surface area contributed by atoms with Gasteiger partial charge in [0.1, 0.15) is 19.0 Å². The third kappa shape index (κ3) is 13.1. The summed E-state index contributed by atoms with van der Waals surface area (Å²) in [6.07, 6.45) is 3.27. The van der Waals surface area contributed by atoms with Crippen molar-refractivity contribution in [3.63, 3.8) is 0 Å². The van der Waals surface area contributed by atoms with Crippen molar-refractivity contribution in [1.29, 1.82) is 0 Å². The number of amides is 2. The van der Waals surface area contributed by atoms with Gasteiger partial charge in [-0.1, -0.05) is 31.5 Å². The van der Waals surface area contributed by atoms with Crippen molar-refractivity contribution < 1.29 is 75.5 Å². The second-order valence-corrected chi connectivity index (χ2v) is 28.7. The van der Waals surface area contributed by atoms with Crippen molar-refractivity contribution >= 4 is 80.6 Å².